The Labute approximate surface area is 49.4 Å². The van der Waals surface area contributed by atoms with Crippen molar-refractivity contribution in [3.05, 3.63) is 30.1 Å². The van der Waals surface area contributed by atoms with Crippen LogP contribution in [-0.2, 0) is 6.42 Å². The van der Waals surface area contributed by atoms with Crippen molar-refractivity contribution in [3.63, 3.8) is 0 Å². The number of hydrogen-bond acceptors (Lipinski definition) is 1. The first kappa shape index (κ1) is 5.29. The number of hydrogen-bond donors (Lipinski definition) is 0. The molecule has 0 N–H and O–H groups in total. The summed E-state index contributed by atoms with van der Waals surface area (Å²) in [5.41, 5.74) is 1.29. The lowest BCUT2D eigenvalue weighted by Gasteiger charge is -1.88. The monoisotopic (exact) mass is 106 g/mol. The third-order valence-electron chi connectivity index (χ3n) is 1.10. The van der Waals surface area contributed by atoms with Crippen LogP contribution in [0.5, 0.6) is 0 Å². The normalized spacial score (nSPS) is 9.12. The predicted octanol–water partition coefficient (Wildman–Crippen LogP) is 1.44. The molecule has 1 aromatic rings. The molecule has 0 unspecified atom stereocenters. The Morgan fingerprint density at radius 1 is 1.75 bits per heavy atom. The van der Waals surface area contributed by atoms with Crippen LogP contribution in [0.1, 0.15) is 12.5 Å². The molecular formula is C7H8N. The van der Waals surface area contributed by atoms with Gasteiger partial charge in [-0.3, -0.25) is 4.98 Å². The smallest absolute Gasteiger partial charge is 0.0888 e. The zero-order chi connectivity index (χ0) is 5.82. The summed E-state index contributed by atoms with van der Waals surface area (Å²) in [7, 11) is 0. The van der Waals surface area contributed by atoms with Crippen molar-refractivity contribution in [1.29, 1.82) is 0 Å². The maximum absolute atomic E-state index is 3.77. The maximum Gasteiger partial charge on any atom is 0.0888 e. The maximum atomic E-state index is 3.77. The Balaban J connectivity index is 2.83. The fraction of sp³-hybridized carbons (Fsp3) is 0.286. The molecule has 0 spiro atoms. The van der Waals surface area contributed by atoms with E-state index in [-0.39, 0.29) is 0 Å². The molecule has 1 rings (SSSR count). The molecule has 0 saturated heterocycles. The van der Waals surface area contributed by atoms with Crippen molar-refractivity contribution in [1.82, 2.24) is 4.98 Å². The minimum absolute atomic E-state index is 1.07. The summed E-state index contributed by atoms with van der Waals surface area (Å²) in [5, 5.41) is 0. The Hall–Kier alpha value is -0.850. The first-order valence-corrected chi connectivity index (χ1v) is 2.74. The molecule has 0 bridgehead atoms. The summed E-state index contributed by atoms with van der Waals surface area (Å²) < 4.78 is 0. The first-order valence-electron chi connectivity index (χ1n) is 2.74. The van der Waals surface area contributed by atoms with E-state index in [4.69, 9.17) is 0 Å². The van der Waals surface area contributed by atoms with Gasteiger partial charge < -0.3 is 0 Å². The van der Waals surface area contributed by atoms with Gasteiger partial charge in [-0.25, -0.2) is 0 Å². The lowest BCUT2D eigenvalue weighted by molar-refractivity contribution is 1.11. The molecule has 0 atom stereocenters. The number of nitrogens with zero attached hydrogens (tertiary/aromatic N) is 1. The van der Waals surface area contributed by atoms with Crippen LogP contribution in [0.2, 0.25) is 0 Å². The molecule has 0 saturated carbocycles. The molecule has 0 aliphatic heterocycles. The molecule has 0 aliphatic carbocycles. The zero-order valence-corrected chi connectivity index (χ0v) is 4.89. The van der Waals surface area contributed by atoms with E-state index in [0.717, 1.165) is 6.42 Å². The fourth-order valence-corrected chi connectivity index (χ4v) is 0.564. The molecule has 0 fully saturated rings. The molecule has 1 radical (unpaired) electrons. The van der Waals surface area contributed by atoms with E-state index in [1.54, 1.807) is 6.20 Å². The van der Waals surface area contributed by atoms with Crippen LogP contribution in [0.25, 0.3) is 0 Å². The van der Waals surface area contributed by atoms with Crippen LogP contribution in [-0.4, -0.2) is 4.98 Å². The highest BCUT2D eigenvalue weighted by atomic mass is 14.6. The molecule has 8 heavy (non-hydrogen) atoms. The minimum Gasteiger partial charge on any atom is -0.255 e. The molecule has 41 valence electrons. The second-order valence-electron chi connectivity index (χ2n) is 1.65. The summed E-state index contributed by atoms with van der Waals surface area (Å²) in [6, 6.07) is 3.90. The molecule has 1 heteroatoms. The van der Waals surface area contributed by atoms with Gasteiger partial charge in [-0.1, -0.05) is 6.92 Å². The van der Waals surface area contributed by atoms with E-state index >= 15 is 0 Å². The van der Waals surface area contributed by atoms with Gasteiger partial charge in [0.25, 0.3) is 0 Å². The van der Waals surface area contributed by atoms with E-state index < -0.39 is 0 Å². The predicted molar refractivity (Wildman–Crippen MR) is 32.5 cm³/mol. The highest BCUT2D eigenvalue weighted by Gasteiger charge is 1.81. The largest absolute Gasteiger partial charge is 0.255 e. The van der Waals surface area contributed by atoms with Gasteiger partial charge in [-0.2, -0.15) is 0 Å². The molecule has 1 aromatic heterocycles. The third kappa shape index (κ3) is 1.06. The van der Waals surface area contributed by atoms with E-state index in [9.17, 15) is 0 Å². The van der Waals surface area contributed by atoms with E-state index in [0.29, 0.717) is 0 Å². The second-order valence-corrected chi connectivity index (χ2v) is 1.65. The first-order chi connectivity index (χ1) is 3.93. The van der Waals surface area contributed by atoms with Crippen LogP contribution in [0.3, 0.4) is 0 Å². The lowest BCUT2D eigenvalue weighted by Crippen LogP contribution is -1.77. The highest BCUT2D eigenvalue weighted by Crippen LogP contribution is 1.93. The van der Waals surface area contributed by atoms with Crippen LogP contribution < -0.4 is 0 Å². The molecule has 0 aliphatic rings. The minimum atomic E-state index is 1.07. The van der Waals surface area contributed by atoms with Crippen LogP contribution in [0.15, 0.2) is 18.3 Å². The summed E-state index contributed by atoms with van der Waals surface area (Å²) in [6.07, 6.45) is 5.59. The molecule has 1 nitrogen and oxygen atoms in total. The standard InChI is InChI=1S/C7H8N/c1-2-7-3-5-8-6-4-7/h3-5H,2H2,1H3. The quantitative estimate of drug-likeness (QED) is 0.528. The van der Waals surface area contributed by atoms with Crippen LogP contribution in [0, 0.1) is 6.20 Å². The number of aromatic nitrogens is 1. The highest BCUT2D eigenvalue weighted by molar-refractivity contribution is 5.07. The van der Waals surface area contributed by atoms with Gasteiger partial charge in [-0.05, 0) is 24.1 Å². The van der Waals surface area contributed by atoms with Gasteiger partial charge in [0.15, 0.2) is 0 Å². The Kier molecular flexibility index (Phi) is 1.62. The van der Waals surface area contributed by atoms with E-state index in [2.05, 4.69) is 18.1 Å². The SMILES string of the molecule is CCc1c[c]ncc1. The summed E-state index contributed by atoms with van der Waals surface area (Å²) in [5.74, 6) is 0. The second kappa shape index (κ2) is 2.46. The van der Waals surface area contributed by atoms with Gasteiger partial charge in [0.2, 0.25) is 0 Å². The van der Waals surface area contributed by atoms with Gasteiger partial charge in [0.05, 0.1) is 6.20 Å². The number of pyridine rings is 1. The van der Waals surface area contributed by atoms with Crippen molar-refractivity contribution in [2.24, 2.45) is 0 Å². The number of rotatable bonds is 1. The molecule has 1 heterocycles. The lowest BCUT2D eigenvalue weighted by atomic mass is 10.2. The Morgan fingerprint density at radius 3 is 3.00 bits per heavy atom. The van der Waals surface area contributed by atoms with E-state index in [1.807, 2.05) is 12.1 Å². The average molecular weight is 106 g/mol. The van der Waals surface area contributed by atoms with Crippen LogP contribution >= 0.6 is 0 Å². The van der Waals surface area contributed by atoms with Crippen molar-refractivity contribution in [2.75, 3.05) is 0 Å². The molecule has 0 amide bonds. The zero-order valence-electron chi connectivity index (χ0n) is 4.89. The Morgan fingerprint density at radius 2 is 2.62 bits per heavy atom. The average Bonchev–Trinajstić information content (AvgIpc) is 1.90. The van der Waals surface area contributed by atoms with Gasteiger partial charge in [0.1, 0.15) is 0 Å². The van der Waals surface area contributed by atoms with Crippen molar-refractivity contribution >= 4 is 0 Å². The van der Waals surface area contributed by atoms with Gasteiger partial charge in [-0.15, -0.1) is 0 Å². The van der Waals surface area contributed by atoms with Gasteiger partial charge in [0, 0.05) is 6.20 Å². The van der Waals surface area contributed by atoms with Crippen molar-refractivity contribution in [2.45, 2.75) is 13.3 Å². The van der Waals surface area contributed by atoms with Gasteiger partial charge >= 0.3 is 0 Å². The summed E-state index contributed by atoms with van der Waals surface area (Å²) in [4.78, 5) is 3.77. The summed E-state index contributed by atoms with van der Waals surface area (Å²) in [6.45, 7) is 2.11. The third-order valence-corrected chi connectivity index (χ3v) is 1.10. The summed E-state index contributed by atoms with van der Waals surface area (Å²) >= 11 is 0. The van der Waals surface area contributed by atoms with Crippen molar-refractivity contribution in [3.8, 4) is 0 Å². The fourth-order valence-electron chi connectivity index (χ4n) is 0.564. The Bertz CT molecular complexity index is 146. The molecule has 0 aromatic carbocycles. The molecular weight excluding hydrogens is 98.1 g/mol. The van der Waals surface area contributed by atoms with E-state index in [1.165, 1.54) is 5.56 Å². The number of aryl methyl sites for hydroxylation is 1. The topological polar surface area (TPSA) is 12.9 Å². The van der Waals surface area contributed by atoms with Crippen LogP contribution in [0.4, 0.5) is 0 Å². The van der Waals surface area contributed by atoms with Crippen molar-refractivity contribution < 1.29 is 0 Å².